The van der Waals surface area contributed by atoms with Crippen molar-refractivity contribution < 1.29 is 14.3 Å². The molecular formula is C31H33N3O3. The summed E-state index contributed by atoms with van der Waals surface area (Å²) in [7, 11) is 1.59. The third-order valence-electron chi connectivity index (χ3n) is 8.52. The second kappa shape index (κ2) is 10.0. The zero-order valence-corrected chi connectivity index (χ0v) is 21.1. The van der Waals surface area contributed by atoms with Crippen LogP contribution in [0.1, 0.15) is 63.1 Å². The van der Waals surface area contributed by atoms with Crippen LogP contribution in [0.3, 0.4) is 0 Å². The first kappa shape index (κ1) is 23.7. The number of ether oxygens (including phenoxy) is 1. The van der Waals surface area contributed by atoms with Gasteiger partial charge in [-0.1, -0.05) is 42.5 Å². The number of amides is 2. The summed E-state index contributed by atoms with van der Waals surface area (Å²) in [5, 5.41) is 9.65. The topological polar surface area (TPSA) is 79.5 Å². The fourth-order valence-corrected chi connectivity index (χ4v) is 6.96. The molecule has 6 nitrogen and oxygen atoms in total. The summed E-state index contributed by atoms with van der Waals surface area (Å²) in [5.74, 6) is 1.97. The molecule has 6 heteroatoms. The molecule has 2 fully saturated rings. The highest BCUT2D eigenvalue weighted by atomic mass is 16.5. The molecule has 0 aromatic heterocycles. The molecule has 3 aromatic carbocycles. The molecule has 1 aliphatic heterocycles. The maximum absolute atomic E-state index is 13.4. The standard InChI is InChI=1S/C31H33N3O3/c1-37-16-15-32-31(36)23-9-5-6-10-25(23)34-30(35)22-13-14-26-24(18-22)27-20-11-12-21(17-20)28(27)29(33-26)19-7-3-2-4-8-19/h2-10,13-14,18,20-21,27-29,33H,11-12,15-17H2,1H3,(H,32,36)(H,34,35)/t20-,21-,27-,28-,29+/m0/s1. The van der Waals surface area contributed by atoms with Gasteiger partial charge >= 0.3 is 0 Å². The van der Waals surface area contributed by atoms with Gasteiger partial charge in [-0.05, 0) is 84.4 Å². The minimum absolute atomic E-state index is 0.204. The summed E-state index contributed by atoms with van der Waals surface area (Å²) in [6.07, 6.45) is 3.85. The average Bonchev–Trinajstić information content (AvgIpc) is 3.56. The number of anilines is 2. The molecule has 0 radical (unpaired) electrons. The van der Waals surface area contributed by atoms with E-state index >= 15 is 0 Å². The van der Waals surface area contributed by atoms with E-state index in [1.54, 1.807) is 25.3 Å². The van der Waals surface area contributed by atoms with Crippen LogP contribution in [0.25, 0.3) is 0 Å². The van der Waals surface area contributed by atoms with E-state index in [2.05, 4.69) is 58.4 Å². The Bertz CT molecular complexity index is 1310. The number of methoxy groups -OCH3 is 1. The van der Waals surface area contributed by atoms with Crippen molar-refractivity contribution in [2.45, 2.75) is 31.2 Å². The number of hydrogen-bond donors (Lipinski definition) is 3. The molecule has 2 aliphatic carbocycles. The van der Waals surface area contributed by atoms with Crippen molar-refractivity contribution in [3.63, 3.8) is 0 Å². The average molecular weight is 496 g/mol. The molecule has 1 heterocycles. The number of para-hydroxylation sites is 1. The Labute approximate surface area is 217 Å². The SMILES string of the molecule is COCCNC(=O)c1ccccc1NC(=O)c1ccc2c(c1)[C@@H]1[C@H]3CC[C@@H](C3)[C@@H]1[C@@H](c1ccccc1)N2. The molecule has 2 bridgehead atoms. The summed E-state index contributed by atoms with van der Waals surface area (Å²) < 4.78 is 5.02. The van der Waals surface area contributed by atoms with Gasteiger partial charge in [0, 0.05) is 24.9 Å². The van der Waals surface area contributed by atoms with Gasteiger partial charge in [-0.3, -0.25) is 9.59 Å². The first-order valence-electron chi connectivity index (χ1n) is 13.3. The van der Waals surface area contributed by atoms with Crippen molar-refractivity contribution in [1.82, 2.24) is 5.32 Å². The minimum atomic E-state index is -0.237. The minimum Gasteiger partial charge on any atom is -0.383 e. The van der Waals surface area contributed by atoms with Crippen molar-refractivity contribution in [2.24, 2.45) is 17.8 Å². The Morgan fingerprint density at radius 2 is 1.73 bits per heavy atom. The number of benzene rings is 3. The lowest BCUT2D eigenvalue weighted by Gasteiger charge is -2.43. The quantitative estimate of drug-likeness (QED) is 0.372. The maximum atomic E-state index is 13.4. The number of carbonyl (C=O) groups excluding carboxylic acids is 2. The van der Waals surface area contributed by atoms with Crippen LogP contribution in [-0.2, 0) is 4.74 Å². The van der Waals surface area contributed by atoms with Crippen LogP contribution in [0.2, 0.25) is 0 Å². The largest absolute Gasteiger partial charge is 0.383 e. The summed E-state index contributed by atoms with van der Waals surface area (Å²) in [6, 6.07) is 24.2. The summed E-state index contributed by atoms with van der Waals surface area (Å²) in [4.78, 5) is 26.1. The summed E-state index contributed by atoms with van der Waals surface area (Å²) in [5.41, 5.74) is 5.30. The van der Waals surface area contributed by atoms with Crippen molar-refractivity contribution in [3.8, 4) is 0 Å². The molecule has 2 amide bonds. The van der Waals surface area contributed by atoms with Gasteiger partial charge < -0.3 is 20.7 Å². The number of nitrogens with one attached hydrogen (secondary N) is 3. The zero-order valence-electron chi connectivity index (χ0n) is 21.1. The first-order chi connectivity index (χ1) is 18.1. The van der Waals surface area contributed by atoms with E-state index < -0.39 is 0 Å². The van der Waals surface area contributed by atoms with Gasteiger partial charge in [0.15, 0.2) is 0 Å². The maximum Gasteiger partial charge on any atom is 0.255 e. The molecule has 37 heavy (non-hydrogen) atoms. The highest BCUT2D eigenvalue weighted by Crippen LogP contribution is 2.63. The molecule has 0 spiro atoms. The third-order valence-corrected chi connectivity index (χ3v) is 8.52. The molecule has 0 saturated heterocycles. The van der Waals surface area contributed by atoms with Crippen LogP contribution < -0.4 is 16.0 Å². The van der Waals surface area contributed by atoms with E-state index in [9.17, 15) is 9.59 Å². The van der Waals surface area contributed by atoms with E-state index in [-0.39, 0.29) is 11.8 Å². The Balaban J connectivity index is 1.27. The van der Waals surface area contributed by atoms with Gasteiger partial charge in [0.1, 0.15) is 0 Å². The lowest BCUT2D eigenvalue weighted by Crippen LogP contribution is -2.35. The zero-order chi connectivity index (χ0) is 25.4. The third kappa shape index (κ3) is 4.40. The fourth-order valence-electron chi connectivity index (χ4n) is 6.96. The van der Waals surface area contributed by atoms with Crippen LogP contribution in [0.4, 0.5) is 11.4 Å². The molecule has 3 aromatic rings. The van der Waals surface area contributed by atoms with E-state index in [0.717, 1.165) is 11.6 Å². The molecule has 190 valence electrons. The van der Waals surface area contributed by atoms with E-state index in [1.165, 1.54) is 30.4 Å². The van der Waals surface area contributed by atoms with Crippen molar-refractivity contribution in [2.75, 3.05) is 30.9 Å². The van der Waals surface area contributed by atoms with Crippen molar-refractivity contribution in [1.29, 1.82) is 0 Å². The highest BCUT2D eigenvalue weighted by molar-refractivity contribution is 6.09. The number of fused-ring (bicyclic) bond motifs is 7. The fraction of sp³-hybridized carbons (Fsp3) is 0.355. The monoisotopic (exact) mass is 495 g/mol. The predicted molar refractivity (Wildman–Crippen MR) is 145 cm³/mol. The van der Waals surface area contributed by atoms with Gasteiger partial charge in [-0.25, -0.2) is 0 Å². The molecule has 6 rings (SSSR count). The molecular weight excluding hydrogens is 462 g/mol. The van der Waals surface area contributed by atoms with Gasteiger partial charge in [0.05, 0.1) is 23.9 Å². The predicted octanol–water partition coefficient (Wildman–Crippen LogP) is 5.61. The van der Waals surface area contributed by atoms with Gasteiger partial charge in [0.2, 0.25) is 0 Å². The van der Waals surface area contributed by atoms with Crippen LogP contribution in [0.15, 0.2) is 72.8 Å². The van der Waals surface area contributed by atoms with E-state index in [1.807, 2.05) is 12.1 Å². The summed E-state index contributed by atoms with van der Waals surface area (Å²) in [6.45, 7) is 0.836. The number of rotatable bonds is 7. The molecule has 3 N–H and O–H groups in total. The van der Waals surface area contributed by atoms with Crippen LogP contribution >= 0.6 is 0 Å². The van der Waals surface area contributed by atoms with Crippen LogP contribution in [0, 0.1) is 17.8 Å². The normalized spacial score (nSPS) is 25.1. The second-order valence-corrected chi connectivity index (χ2v) is 10.5. The Kier molecular flexibility index (Phi) is 6.43. The highest BCUT2D eigenvalue weighted by Gasteiger charge is 2.53. The van der Waals surface area contributed by atoms with Gasteiger partial charge in [0.25, 0.3) is 11.8 Å². The Morgan fingerprint density at radius 3 is 2.57 bits per heavy atom. The number of hydrogen-bond acceptors (Lipinski definition) is 4. The van der Waals surface area contributed by atoms with E-state index in [4.69, 9.17) is 4.74 Å². The molecule has 2 saturated carbocycles. The molecule has 5 atom stereocenters. The smallest absolute Gasteiger partial charge is 0.255 e. The van der Waals surface area contributed by atoms with Gasteiger partial charge in [-0.15, -0.1) is 0 Å². The Morgan fingerprint density at radius 1 is 0.946 bits per heavy atom. The Hall–Kier alpha value is -3.64. The van der Waals surface area contributed by atoms with Crippen molar-refractivity contribution >= 4 is 23.2 Å². The molecule has 3 aliphatic rings. The van der Waals surface area contributed by atoms with Gasteiger partial charge in [-0.2, -0.15) is 0 Å². The summed E-state index contributed by atoms with van der Waals surface area (Å²) >= 11 is 0. The molecule has 0 unspecified atom stereocenters. The number of carbonyl (C=O) groups is 2. The lowest BCUT2D eigenvalue weighted by atomic mass is 9.68. The van der Waals surface area contributed by atoms with Crippen molar-refractivity contribution in [3.05, 3.63) is 95.1 Å². The van der Waals surface area contributed by atoms with E-state index in [0.29, 0.717) is 53.8 Å². The second-order valence-electron chi connectivity index (χ2n) is 10.5. The lowest BCUT2D eigenvalue weighted by molar-refractivity contribution is 0.0938. The van der Waals surface area contributed by atoms with Crippen LogP contribution in [0.5, 0.6) is 0 Å². The van der Waals surface area contributed by atoms with Crippen LogP contribution in [-0.4, -0.2) is 32.1 Å². The first-order valence-corrected chi connectivity index (χ1v) is 13.3.